The molecule has 16 heavy (non-hydrogen) atoms. The van der Waals surface area contributed by atoms with Gasteiger partial charge in [0.25, 0.3) is 0 Å². The summed E-state index contributed by atoms with van der Waals surface area (Å²) in [6.45, 7) is 1.69. The van der Waals surface area contributed by atoms with Crippen LogP contribution in [0.15, 0.2) is 24.3 Å². The Morgan fingerprint density at radius 2 is 2.25 bits per heavy atom. The molecule has 2 nitrogen and oxygen atoms in total. The highest BCUT2D eigenvalue weighted by Crippen LogP contribution is 2.24. The van der Waals surface area contributed by atoms with Crippen molar-refractivity contribution in [2.75, 3.05) is 6.54 Å². The summed E-state index contributed by atoms with van der Waals surface area (Å²) < 4.78 is 0. The van der Waals surface area contributed by atoms with E-state index in [-0.39, 0.29) is 0 Å². The zero-order valence-corrected chi connectivity index (χ0v) is 10.2. The Morgan fingerprint density at radius 3 is 3.00 bits per heavy atom. The third-order valence-electron chi connectivity index (χ3n) is 3.42. The number of rotatable bonds is 4. The molecule has 1 aliphatic carbocycles. The zero-order valence-electron chi connectivity index (χ0n) is 9.45. The minimum Gasteiger partial charge on any atom is -0.330 e. The van der Waals surface area contributed by atoms with Gasteiger partial charge in [0.15, 0.2) is 0 Å². The largest absolute Gasteiger partial charge is 0.330 e. The molecule has 0 heterocycles. The summed E-state index contributed by atoms with van der Waals surface area (Å²) in [6.07, 6.45) is 3.82. The number of halogens is 1. The molecule has 1 aromatic carbocycles. The lowest BCUT2D eigenvalue weighted by Crippen LogP contribution is -2.35. The van der Waals surface area contributed by atoms with E-state index in [9.17, 15) is 0 Å². The van der Waals surface area contributed by atoms with Crippen LogP contribution in [0.5, 0.6) is 0 Å². The number of hydrogen-bond donors (Lipinski definition) is 2. The van der Waals surface area contributed by atoms with Crippen LogP contribution < -0.4 is 11.1 Å². The van der Waals surface area contributed by atoms with E-state index < -0.39 is 0 Å². The molecule has 2 rings (SSSR count). The van der Waals surface area contributed by atoms with Crippen molar-refractivity contribution >= 4 is 11.6 Å². The molecule has 3 heteroatoms. The van der Waals surface area contributed by atoms with Crippen molar-refractivity contribution in [3.8, 4) is 0 Å². The van der Waals surface area contributed by atoms with E-state index in [4.69, 9.17) is 17.3 Å². The van der Waals surface area contributed by atoms with Crippen molar-refractivity contribution in [3.05, 3.63) is 34.9 Å². The molecule has 1 saturated carbocycles. The van der Waals surface area contributed by atoms with Crippen LogP contribution in [0.2, 0.25) is 5.02 Å². The first-order valence-electron chi connectivity index (χ1n) is 5.97. The molecule has 3 N–H and O–H groups in total. The van der Waals surface area contributed by atoms with Crippen molar-refractivity contribution in [2.45, 2.75) is 31.8 Å². The van der Waals surface area contributed by atoms with Gasteiger partial charge in [0.2, 0.25) is 0 Å². The smallest absolute Gasteiger partial charge is 0.0409 e. The lowest BCUT2D eigenvalue weighted by molar-refractivity contribution is 0.406. The molecule has 88 valence electrons. The third kappa shape index (κ3) is 2.97. The second kappa shape index (κ2) is 5.67. The Hall–Kier alpha value is -0.570. The van der Waals surface area contributed by atoms with E-state index in [1.54, 1.807) is 0 Å². The quantitative estimate of drug-likeness (QED) is 0.846. The molecule has 2 atom stereocenters. The van der Waals surface area contributed by atoms with Crippen molar-refractivity contribution in [1.82, 2.24) is 5.32 Å². The molecule has 1 aromatic rings. The van der Waals surface area contributed by atoms with Crippen LogP contribution in [0.3, 0.4) is 0 Å². The average molecular weight is 239 g/mol. The van der Waals surface area contributed by atoms with E-state index in [0.29, 0.717) is 12.0 Å². The maximum Gasteiger partial charge on any atom is 0.0409 e. The van der Waals surface area contributed by atoms with Gasteiger partial charge < -0.3 is 11.1 Å². The van der Waals surface area contributed by atoms with Crippen molar-refractivity contribution < 1.29 is 0 Å². The van der Waals surface area contributed by atoms with Gasteiger partial charge in [-0.3, -0.25) is 0 Å². The van der Waals surface area contributed by atoms with Crippen LogP contribution in [-0.4, -0.2) is 12.6 Å². The summed E-state index contributed by atoms with van der Waals surface area (Å²) in [5.41, 5.74) is 7.00. The van der Waals surface area contributed by atoms with Gasteiger partial charge in [0, 0.05) is 17.6 Å². The Morgan fingerprint density at radius 1 is 1.38 bits per heavy atom. The van der Waals surface area contributed by atoms with Crippen molar-refractivity contribution in [3.63, 3.8) is 0 Å². The highest BCUT2D eigenvalue weighted by molar-refractivity contribution is 6.30. The lowest BCUT2D eigenvalue weighted by atomic mass is 10.0. The highest BCUT2D eigenvalue weighted by Gasteiger charge is 2.25. The summed E-state index contributed by atoms with van der Waals surface area (Å²) in [6, 6.07) is 8.60. The van der Waals surface area contributed by atoms with Gasteiger partial charge >= 0.3 is 0 Å². The zero-order chi connectivity index (χ0) is 11.4. The maximum atomic E-state index is 5.95. The molecule has 2 unspecified atom stereocenters. The Bertz CT molecular complexity index is 340. The molecule has 1 fully saturated rings. The number of nitrogens with one attached hydrogen (secondary N) is 1. The fourth-order valence-corrected chi connectivity index (χ4v) is 2.70. The molecule has 0 aliphatic heterocycles. The first-order chi connectivity index (χ1) is 7.79. The van der Waals surface area contributed by atoms with Crippen LogP contribution in [0.1, 0.15) is 24.8 Å². The summed E-state index contributed by atoms with van der Waals surface area (Å²) >= 11 is 5.95. The number of hydrogen-bond acceptors (Lipinski definition) is 2. The fourth-order valence-electron chi connectivity index (χ4n) is 2.48. The Kier molecular flexibility index (Phi) is 4.22. The first-order valence-corrected chi connectivity index (χ1v) is 6.35. The van der Waals surface area contributed by atoms with Gasteiger partial charge in [-0.25, -0.2) is 0 Å². The van der Waals surface area contributed by atoms with E-state index >= 15 is 0 Å². The second-order valence-corrected chi connectivity index (χ2v) is 4.98. The van der Waals surface area contributed by atoms with Crippen molar-refractivity contribution in [1.29, 1.82) is 0 Å². The fraction of sp³-hybridized carbons (Fsp3) is 0.538. The standard InChI is InChI=1S/C13H19ClN2/c14-12-5-1-3-10(7-12)9-16-13-6-2-4-11(13)8-15/h1,3,5,7,11,13,16H,2,4,6,8-9,15H2. The van der Waals surface area contributed by atoms with Crippen molar-refractivity contribution in [2.24, 2.45) is 11.7 Å². The van der Waals surface area contributed by atoms with Gasteiger partial charge in [-0.15, -0.1) is 0 Å². The van der Waals surface area contributed by atoms with E-state index in [1.807, 2.05) is 18.2 Å². The molecule has 0 radical (unpaired) electrons. The van der Waals surface area contributed by atoms with Gasteiger partial charge in [0.1, 0.15) is 0 Å². The monoisotopic (exact) mass is 238 g/mol. The molecular weight excluding hydrogens is 220 g/mol. The molecule has 0 bridgehead atoms. The molecule has 0 saturated heterocycles. The molecule has 1 aliphatic rings. The highest BCUT2D eigenvalue weighted by atomic mass is 35.5. The van der Waals surface area contributed by atoms with E-state index in [2.05, 4.69) is 11.4 Å². The predicted octanol–water partition coefficient (Wildman–Crippen LogP) is 2.56. The molecular formula is C13H19ClN2. The third-order valence-corrected chi connectivity index (χ3v) is 3.65. The molecule has 0 amide bonds. The van der Waals surface area contributed by atoms with Crippen LogP contribution in [0.25, 0.3) is 0 Å². The van der Waals surface area contributed by atoms with Gasteiger partial charge in [-0.2, -0.15) is 0 Å². The lowest BCUT2D eigenvalue weighted by Gasteiger charge is -2.19. The maximum absolute atomic E-state index is 5.95. The van der Waals surface area contributed by atoms with Crippen LogP contribution in [-0.2, 0) is 6.54 Å². The molecule has 0 aromatic heterocycles. The van der Waals surface area contributed by atoms with Gasteiger partial charge in [-0.05, 0) is 43.0 Å². The number of benzene rings is 1. The Balaban J connectivity index is 1.87. The Labute approximate surface area is 102 Å². The molecule has 0 spiro atoms. The normalized spacial score (nSPS) is 24.9. The summed E-state index contributed by atoms with van der Waals surface area (Å²) in [7, 11) is 0. The summed E-state index contributed by atoms with van der Waals surface area (Å²) in [5.74, 6) is 0.652. The number of nitrogens with two attached hydrogens (primary N) is 1. The minimum absolute atomic E-state index is 0.587. The first kappa shape index (κ1) is 11.9. The van der Waals surface area contributed by atoms with Gasteiger partial charge in [-0.1, -0.05) is 30.2 Å². The van der Waals surface area contributed by atoms with Crippen LogP contribution in [0, 0.1) is 5.92 Å². The van der Waals surface area contributed by atoms with E-state index in [1.165, 1.54) is 24.8 Å². The summed E-state index contributed by atoms with van der Waals surface area (Å²) in [5, 5.41) is 4.39. The second-order valence-electron chi connectivity index (χ2n) is 4.54. The SMILES string of the molecule is NCC1CCCC1NCc1cccc(Cl)c1. The summed E-state index contributed by atoms with van der Waals surface area (Å²) in [4.78, 5) is 0. The minimum atomic E-state index is 0.587. The van der Waals surface area contributed by atoms with Gasteiger partial charge in [0.05, 0.1) is 0 Å². The predicted molar refractivity (Wildman–Crippen MR) is 68.5 cm³/mol. The van der Waals surface area contributed by atoms with E-state index in [0.717, 1.165) is 18.1 Å². The average Bonchev–Trinajstić information content (AvgIpc) is 2.74. The van der Waals surface area contributed by atoms with Crippen LogP contribution >= 0.6 is 11.6 Å². The topological polar surface area (TPSA) is 38.0 Å². The van der Waals surface area contributed by atoms with Crippen LogP contribution in [0.4, 0.5) is 0 Å².